The number of carbonyl (C=O) groups excluding carboxylic acids is 2. The van der Waals surface area contributed by atoms with Gasteiger partial charge in [0.25, 0.3) is 11.8 Å². The Morgan fingerprint density at radius 2 is 2.28 bits per heavy atom. The minimum atomic E-state index is -1.67. The number of aromatic nitrogens is 2. The maximum Gasteiger partial charge on any atom is 0.342 e. The quantitative estimate of drug-likeness (QED) is 0.400. The fourth-order valence-electron chi connectivity index (χ4n) is 1.14. The van der Waals surface area contributed by atoms with Crippen molar-refractivity contribution >= 4 is 17.6 Å². The number of hydrogen-bond acceptors (Lipinski definition) is 7. The second-order valence-electron chi connectivity index (χ2n) is 3.25. The molecule has 1 aromatic rings. The highest BCUT2D eigenvalue weighted by atomic mass is 16.6. The lowest BCUT2D eigenvalue weighted by Gasteiger charge is -2.08. The molecule has 0 aliphatic rings. The van der Waals surface area contributed by atoms with Gasteiger partial charge in [-0.15, -0.1) is 0 Å². The number of amides is 2. The molecule has 0 aliphatic heterocycles. The third-order valence-corrected chi connectivity index (χ3v) is 1.96. The molecule has 0 aliphatic carbocycles. The largest absolute Gasteiger partial charge is 0.387 e. The van der Waals surface area contributed by atoms with Crippen LogP contribution in [-0.2, 0) is 16.1 Å². The SMILES string of the molecule is O=C(CO)NC(=O)C(O)Cn1cncc1[N+](=O)[O-]. The van der Waals surface area contributed by atoms with Gasteiger partial charge in [0.2, 0.25) is 0 Å². The molecule has 1 unspecified atom stereocenters. The topological polar surface area (TPSA) is 148 Å². The molecule has 0 fully saturated rings. The highest BCUT2D eigenvalue weighted by Crippen LogP contribution is 2.10. The van der Waals surface area contributed by atoms with E-state index >= 15 is 0 Å². The molecule has 1 rings (SSSR count). The predicted octanol–water partition coefficient (Wildman–Crippen LogP) is -2.21. The van der Waals surface area contributed by atoms with Gasteiger partial charge >= 0.3 is 5.82 Å². The molecule has 98 valence electrons. The Morgan fingerprint density at radius 1 is 1.61 bits per heavy atom. The van der Waals surface area contributed by atoms with Gasteiger partial charge < -0.3 is 20.3 Å². The first-order valence-corrected chi connectivity index (χ1v) is 4.73. The minimum absolute atomic E-state index is 0.393. The predicted molar refractivity (Wildman–Crippen MR) is 55.1 cm³/mol. The maximum atomic E-state index is 11.2. The van der Waals surface area contributed by atoms with Gasteiger partial charge in [-0.2, -0.15) is 0 Å². The Balaban J connectivity index is 2.66. The number of rotatable bonds is 5. The minimum Gasteiger partial charge on any atom is -0.387 e. The molecule has 0 bridgehead atoms. The molecule has 2 amide bonds. The fraction of sp³-hybridized carbons (Fsp3) is 0.375. The normalized spacial score (nSPS) is 11.9. The molecule has 0 aromatic carbocycles. The lowest BCUT2D eigenvalue weighted by atomic mass is 10.3. The fourth-order valence-corrected chi connectivity index (χ4v) is 1.14. The lowest BCUT2D eigenvalue weighted by Crippen LogP contribution is -2.41. The zero-order chi connectivity index (χ0) is 13.7. The van der Waals surface area contributed by atoms with Crippen molar-refractivity contribution in [2.24, 2.45) is 0 Å². The van der Waals surface area contributed by atoms with E-state index in [1.54, 1.807) is 5.32 Å². The molecule has 10 nitrogen and oxygen atoms in total. The molecule has 0 saturated heterocycles. The van der Waals surface area contributed by atoms with E-state index < -0.39 is 41.8 Å². The first kappa shape index (κ1) is 13.7. The van der Waals surface area contributed by atoms with E-state index in [-0.39, 0.29) is 0 Å². The molecule has 3 N–H and O–H groups in total. The van der Waals surface area contributed by atoms with Crippen LogP contribution in [0.3, 0.4) is 0 Å². The smallest absolute Gasteiger partial charge is 0.342 e. The van der Waals surface area contributed by atoms with Gasteiger partial charge in [0.1, 0.15) is 19.3 Å². The van der Waals surface area contributed by atoms with Gasteiger partial charge in [-0.1, -0.05) is 0 Å². The Labute approximate surface area is 100 Å². The third-order valence-electron chi connectivity index (χ3n) is 1.96. The molecule has 0 saturated carbocycles. The van der Waals surface area contributed by atoms with Crippen LogP contribution in [0.4, 0.5) is 5.82 Å². The second-order valence-corrected chi connectivity index (χ2v) is 3.25. The summed E-state index contributed by atoms with van der Waals surface area (Å²) in [5.41, 5.74) is 0. The highest BCUT2D eigenvalue weighted by molar-refractivity contribution is 5.97. The lowest BCUT2D eigenvalue weighted by molar-refractivity contribution is -0.392. The summed E-state index contributed by atoms with van der Waals surface area (Å²) in [5.74, 6) is -2.42. The van der Waals surface area contributed by atoms with Gasteiger partial charge in [0, 0.05) is 0 Å². The number of imide groups is 1. The van der Waals surface area contributed by atoms with Gasteiger partial charge in [-0.3, -0.25) is 14.9 Å². The van der Waals surface area contributed by atoms with Crippen molar-refractivity contribution in [2.45, 2.75) is 12.6 Å². The zero-order valence-electron chi connectivity index (χ0n) is 9.02. The van der Waals surface area contributed by atoms with Crippen LogP contribution in [0.1, 0.15) is 0 Å². The molecule has 10 heteroatoms. The van der Waals surface area contributed by atoms with Crippen LogP contribution in [-0.4, -0.2) is 49.2 Å². The van der Waals surface area contributed by atoms with E-state index in [1.807, 2.05) is 0 Å². The number of aliphatic hydroxyl groups excluding tert-OH is 2. The van der Waals surface area contributed by atoms with Gasteiger partial charge in [-0.05, 0) is 4.92 Å². The van der Waals surface area contributed by atoms with Crippen LogP contribution in [0.2, 0.25) is 0 Å². The van der Waals surface area contributed by atoms with Crippen LogP contribution >= 0.6 is 0 Å². The number of aliphatic hydroxyl groups is 2. The molecular formula is C8H10N4O6. The van der Waals surface area contributed by atoms with Crippen molar-refractivity contribution in [3.63, 3.8) is 0 Å². The summed E-state index contributed by atoms with van der Waals surface area (Å²) in [4.78, 5) is 35.2. The van der Waals surface area contributed by atoms with Crippen molar-refractivity contribution in [1.29, 1.82) is 0 Å². The molecule has 1 heterocycles. The first-order valence-electron chi connectivity index (χ1n) is 4.73. The molecular weight excluding hydrogens is 248 g/mol. The van der Waals surface area contributed by atoms with Crippen LogP contribution in [0.15, 0.2) is 12.5 Å². The third kappa shape index (κ3) is 3.33. The molecule has 0 radical (unpaired) electrons. The van der Waals surface area contributed by atoms with Crippen molar-refractivity contribution in [1.82, 2.24) is 14.9 Å². The van der Waals surface area contributed by atoms with E-state index in [2.05, 4.69) is 4.98 Å². The first-order chi connectivity index (χ1) is 8.45. The summed E-state index contributed by atoms with van der Waals surface area (Å²) in [6.07, 6.45) is 0.361. The summed E-state index contributed by atoms with van der Waals surface area (Å²) in [5, 5.41) is 30.1. The van der Waals surface area contributed by atoms with E-state index in [1.165, 1.54) is 0 Å². The van der Waals surface area contributed by atoms with Gasteiger partial charge in [-0.25, -0.2) is 9.55 Å². The van der Waals surface area contributed by atoms with Crippen LogP contribution in [0.25, 0.3) is 0 Å². The number of carbonyl (C=O) groups is 2. The Hall–Kier alpha value is -2.33. The summed E-state index contributed by atoms with van der Waals surface area (Å²) in [6.45, 7) is -1.33. The monoisotopic (exact) mass is 258 g/mol. The molecule has 0 spiro atoms. The standard InChI is InChI=1S/C8H10N4O6/c13-3-6(15)10-8(16)5(14)2-11-4-9-1-7(11)12(17)18/h1,4-5,13-14H,2-3H2,(H,10,15,16). The summed E-state index contributed by atoms with van der Waals surface area (Å²) < 4.78 is 0.952. The van der Waals surface area contributed by atoms with E-state index in [4.69, 9.17) is 5.11 Å². The highest BCUT2D eigenvalue weighted by Gasteiger charge is 2.23. The van der Waals surface area contributed by atoms with Crippen molar-refractivity contribution < 1.29 is 24.7 Å². The zero-order valence-corrected chi connectivity index (χ0v) is 9.02. The number of hydrogen-bond donors (Lipinski definition) is 3. The number of nitro groups is 1. The Bertz CT molecular complexity index is 470. The van der Waals surface area contributed by atoms with Gasteiger partial charge in [0.15, 0.2) is 12.4 Å². The van der Waals surface area contributed by atoms with E-state index in [9.17, 15) is 24.8 Å². The Morgan fingerprint density at radius 3 is 2.83 bits per heavy atom. The average molecular weight is 258 g/mol. The van der Waals surface area contributed by atoms with Crippen molar-refractivity contribution in [2.75, 3.05) is 6.61 Å². The summed E-state index contributed by atoms with van der Waals surface area (Å²) >= 11 is 0. The maximum absolute atomic E-state index is 11.2. The molecule has 1 aromatic heterocycles. The molecule has 18 heavy (non-hydrogen) atoms. The van der Waals surface area contributed by atoms with Gasteiger partial charge in [0.05, 0.1) is 0 Å². The number of nitrogens with one attached hydrogen (secondary N) is 1. The number of imidazole rings is 1. The van der Waals surface area contributed by atoms with Crippen molar-refractivity contribution in [3.8, 4) is 0 Å². The van der Waals surface area contributed by atoms with Crippen LogP contribution in [0.5, 0.6) is 0 Å². The second kappa shape index (κ2) is 5.84. The molecule has 1 atom stereocenters. The Kier molecular flexibility index (Phi) is 4.45. The van der Waals surface area contributed by atoms with E-state index in [0.717, 1.165) is 17.1 Å². The van der Waals surface area contributed by atoms with Crippen LogP contribution < -0.4 is 5.32 Å². The van der Waals surface area contributed by atoms with E-state index in [0.29, 0.717) is 0 Å². The van der Waals surface area contributed by atoms with Crippen molar-refractivity contribution in [3.05, 3.63) is 22.6 Å². The average Bonchev–Trinajstić information content (AvgIpc) is 2.76. The van der Waals surface area contributed by atoms with Crippen LogP contribution in [0, 0.1) is 10.1 Å². The number of nitrogens with zero attached hydrogens (tertiary/aromatic N) is 3. The summed E-state index contributed by atoms with van der Waals surface area (Å²) in [7, 11) is 0. The summed E-state index contributed by atoms with van der Waals surface area (Å²) in [6, 6.07) is 0.